The number of carbonyl (C=O) groups excluding carboxylic acids is 1. The van der Waals surface area contributed by atoms with E-state index < -0.39 is 12.0 Å². The third kappa shape index (κ3) is 6.61. The molecular weight excluding hydrogens is 428 g/mol. The highest BCUT2D eigenvalue weighted by Crippen LogP contribution is 2.31. The lowest BCUT2D eigenvalue weighted by Gasteiger charge is -2.31. The van der Waals surface area contributed by atoms with Gasteiger partial charge in [-0.25, -0.2) is 4.79 Å². The van der Waals surface area contributed by atoms with E-state index in [-0.39, 0.29) is 25.0 Å². The number of aryl methyl sites for hydroxylation is 1. The van der Waals surface area contributed by atoms with Gasteiger partial charge in [0, 0.05) is 12.2 Å². The number of likely N-dealkylation sites (tertiary alicyclic amines) is 1. The molecule has 1 saturated heterocycles. The van der Waals surface area contributed by atoms with Gasteiger partial charge in [-0.1, -0.05) is 24.3 Å². The number of nitrogens with one attached hydrogen (secondary N) is 1. The monoisotopic (exact) mass is 460 g/mol. The normalized spacial score (nSPS) is 14.3. The molecule has 2 aromatic carbocycles. The summed E-state index contributed by atoms with van der Waals surface area (Å²) < 4.78 is 11.4. The first-order valence-corrected chi connectivity index (χ1v) is 10.8. The molecule has 2 aromatic rings. The molecule has 1 aliphatic rings. The molecule has 3 N–H and O–H groups in total. The van der Waals surface area contributed by atoms with Gasteiger partial charge < -0.3 is 15.2 Å². The third-order valence-electron chi connectivity index (χ3n) is 5.33. The van der Waals surface area contributed by atoms with Crippen LogP contribution in [0.3, 0.4) is 0 Å². The smallest absolute Gasteiger partial charge is 0.333 e. The van der Waals surface area contributed by atoms with Gasteiger partial charge in [-0.15, -0.1) is 12.4 Å². The fraction of sp³-hybridized carbons (Fsp3) is 0.417. The first kappa shape index (κ1) is 25.5. The van der Waals surface area contributed by atoms with Gasteiger partial charge in [0.05, 0.1) is 6.61 Å². The summed E-state index contributed by atoms with van der Waals surface area (Å²) in [6.07, 6.45) is 2.49. The van der Waals surface area contributed by atoms with E-state index in [9.17, 15) is 4.79 Å². The maximum absolute atomic E-state index is 13.0. The molecule has 3 rings (SSSR count). The first-order valence-electron chi connectivity index (χ1n) is 10.8. The highest BCUT2D eigenvalue weighted by molar-refractivity contribution is 5.99. The summed E-state index contributed by atoms with van der Waals surface area (Å²) in [5, 5.41) is 8.17. The molecule has 0 aliphatic carbocycles. The molecule has 7 nitrogen and oxygen atoms in total. The van der Waals surface area contributed by atoms with E-state index in [0.29, 0.717) is 23.6 Å². The first-order chi connectivity index (χ1) is 15.0. The molecule has 0 spiro atoms. The van der Waals surface area contributed by atoms with Crippen LogP contribution in [0, 0.1) is 12.3 Å². The van der Waals surface area contributed by atoms with Crippen LogP contribution in [0.25, 0.3) is 0 Å². The minimum Gasteiger partial charge on any atom is -0.492 e. The molecule has 1 aliphatic heterocycles. The van der Waals surface area contributed by atoms with E-state index in [0.717, 1.165) is 25.2 Å². The summed E-state index contributed by atoms with van der Waals surface area (Å²) in [6.45, 7) is 7.67. The van der Waals surface area contributed by atoms with Crippen molar-refractivity contribution in [1.82, 2.24) is 4.90 Å². The van der Waals surface area contributed by atoms with Crippen molar-refractivity contribution < 1.29 is 14.3 Å². The number of ether oxygens (including phenoxy) is 2. The zero-order chi connectivity index (χ0) is 22.2. The van der Waals surface area contributed by atoms with Crippen molar-refractivity contribution in [2.45, 2.75) is 32.7 Å². The number of nitrogens with two attached hydrogens (primary N) is 1. The van der Waals surface area contributed by atoms with E-state index in [1.807, 2.05) is 55.5 Å². The Morgan fingerprint density at radius 3 is 2.50 bits per heavy atom. The Kier molecular flexibility index (Phi) is 9.81. The maximum Gasteiger partial charge on any atom is 0.333 e. The standard InChI is InChI=1S/C24H32N4O3.ClH/c1-3-30-23(29)22(28(24(25)26)20-9-5-4-6-10-20)19-15-18(2)16-21(17-19)31-14-13-27-11-7-8-12-27;/h4-6,9-10,15-17,22H,3,7-8,11-14H2,1-2H3,(H3,25,26);1H. The molecule has 1 unspecified atom stereocenters. The molecule has 0 radical (unpaired) electrons. The van der Waals surface area contributed by atoms with Gasteiger partial charge in [-0.2, -0.15) is 0 Å². The van der Waals surface area contributed by atoms with Crippen LogP contribution in [0.15, 0.2) is 48.5 Å². The number of halogens is 1. The number of esters is 1. The van der Waals surface area contributed by atoms with Crippen LogP contribution in [-0.2, 0) is 9.53 Å². The fourth-order valence-corrected chi connectivity index (χ4v) is 3.94. The minimum atomic E-state index is -0.888. The topological polar surface area (TPSA) is 91.9 Å². The highest BCUT2D eigenvalue weighted by Gasteiger charge is 2.32. The van der Waals surface area contributed by atoms with Crippen molar-refractivity contribution in [1.29, 1.82) is 5.41 Å². The molecule has 0 bridgehead atoms. The van der Waals surface area contributed by atoms with E-state index in [4.69, 9.17) is 20.6 Å². The van der Waals surface area contributed by atoms with Crippen LogP contribution in [0.5, 0.6) is 5.75 Å². The van der Waals surface area contributed by atoms with Crippen molar-refractivity contribution in [2.75, 3.05) is 37.7 Å². The van der Waals surface area contributed by atoms with Crippen LogP contribution in [0.2, 0.25) is 0 Å². The van der Waals surface area contributed by atoms with Gasteiger partial charge in [0.1, 0.15) is 12.4 Å². The van der Waals surface area contributed by atoms with Crippen LogP contribution in [0.1, 0.15) is 36.9 Å². The van der Waals surface area contributed by atoms with Crippen LogP contribution >= 0.6 is 12.4 Å². The number of anilines is 1. The van der Waals surface area contributed by atoms with Crippen molar-refractivity contribution in [3.63, 3.8) is 0 Å². The number of hydrogen-bond donors (Lipinski definition) is 2. The van der Waals surface area contributed by atoms with Gasteiger partial charge >= 0.3 is 5.97 Å². The van der Waals surface area contributed by atoms with Gasteiger partial charge in [0.25, 0.3) is 0 Å². The quantitative estimate of drug-likeness (QED) is 0.335. The minimum absolute atomic E-state index is 0. The Labute approximate surface area is 196 Å². The molecule has 1 atom stereocenters. The molecule has 0 amide bonds. The number of rotatable bonds is 9. The molecule has 0 aromatic heterocycles. The molecular formula is C24H33ClN4O3. The second-order valence-corrected chi connectivity index (χ2v) is 7.72. The number of benzene rings is 2. The molecule has 0 saturated carbocycles. The SMILES string of the molecule is CCOC(=O)C(c1cc(C)cc(OCCN2CCCC2)c1)N(C(=N)N)c1ccccc1.Cl. The third-order valence-corrected chi connectivity index (χ3v) is 5.33. The largest absolute Gasteiger partial charge is 0.492 e. The van der Waals surface area contributed by atoms with Crippen LogP contribution in [0.4, 0.5) is 5.69 Å². The summed E-state index contributed by atoms with van der Waals surface area (Å²) in [5.41, 5.74) is 8.21. The van der Waals surface area contributed by atoms with Gasteiger partial charge in [-0.3, -0.25) is 15.2 Å². The fourth-order valence-electron chi connectivity index (χ4n) is 3.94. The van der Waals surface area contributed by atoms with Crippen molar-refractivity contribution in [3.8, 4) is 5.75 Å². The Bertz CT molecular complexity index is 888. The van der Waals surface area contributed by atoms with Gasteiger partial charge in [0.15, 0.2) is 12.0 Å². The average molecular weight is 461 g/mol. The number of para-hydroxylation sites is 1. The number of hydrogen-bond acceptors (Lipinski definition) is 5. The molecule has 174 valence electrons. The second-order valence-electron chi connectivity index (χ2n) is 7.72. The molecule has 8 heteroatoms. The van der Waals surface area contributed by atoms with Gasteiger partial charge in [-0.05, 0) is 75.2 Å². The Hall–Kier alpha value is -2.77. The van der Waals surface area contributed by atoms with Gasteiger partial charge in [0.2, 0.25) is 0 Å². The summed E-state index contributed by atoms with van der Waals surface area (Å²) in [6, 6.07) is 14.0. The second kappa shape index (κ2) is 12.3. The summed E-state index contributed by atoms with van der Waals surface area (Å²) in [7, 11) is 0. The average Bonchev–Trinajstić information content (AvgIpc) is 3.25. The lowest BCUT2D eigenvalue weighted by Crippen LogP contribution is -2.43. The van der Waals surface area contributed by atoms with E-state index in [2.05, 4.69) is 4.90 Å². The van der Waals surface area contributed by atoms with Crippen molar-refractivity contribution in [2.24, 2.45) is 5.73 Å². The zero-order valence-corrected chi connectivity index (χ0v) is 19.6. The zero-order valence-electron chi connectivity index (χ0n) is 18.8. The number of nitrogens with zero attached hydrogens (tertiary/aromatic N) is 2. The van der Waals surface area contributed by atoms with Crippen LogP contribution < -0.4 is 15.4 Å². The lowest BCUT2D eigenvalue weighted by atomic mass is 10.0. The van der Waals surface area contributed by atoms with E-state index >= 15 is 0 Å². The van der Waals surface area contributed by atoms with Crippen molar-refractivity contribution in [3.05, 3.63) is 59.7 Å². The predicted octanol–water partition coefficient (Wildman–Crippen LogP) is 3.90. The molecule has 1 heterocycles. The number of guanidine groups is 1. The Balaban J connectivity index is 0.00000363. The van der Waals surface area contributed by atoms with Crippen molar-refractivity contribution >= 4 is 30.0 Å². The van der Waals surface area contributed by atoms with Crippen LogP contribution in [-0.4, -0.2) is 49.7 Å². The van der Waals surface area contributed by atoms with E-state index in [1.54, 1.807) is 6.92 Å². The Morgan fingerprint density at radius 2 is 1.88 bits per heavy atom. The summed E-state index contributed by atoms with van der Waals surface area (Å²) in [5.74, 6) is -0.00232. The summed E-state index contributed by atoms with van der Waals surface area (Å²) in [4.78, 5) is 16.9. The highest BCUT2D eigenvalue weighted by atomic mass is 35.5. The Morgan fingerprint density at radius 1 is 1.19 bits per heavy atom. The lowest BCUT2D eigenvalue weighted by molar-refractivity contribution is -0.144. The number of carbonyl (C=O) groups is 1. The maximum atomic E-state index is 13.0. The molecule has 32 heavy (non-hydrogen) atoms. The van der Waals surface area contributed by atoms with E-state index in [1.165, 1.54) is 17.7 Å². The predicted molar refractivity (Wildman–Crippen MR) is 130 cm³/mol. The summed E-state index contributed by atoms with van der Waals surface area (Å²) >= 11 is 0. The molecule has 1 fully saturated rings.